The summed E-state index contributed by atoms with van der Waals surface area (Å²) in [5, 5.41) is 4.51. The minimum Gasteiger partial charge on any atom is -0.356 e. The molecule has 1 saturated carbocycles. The highest BCUT2D eigenvalue weighted by Gasteiger charge is 2.25. The second-order valence-electron chi connectivity index (χ2n) is 7.08. The Morgan fingerprint density at radius 1 is 1.04 bits per heavy atom. The maximum absolute atomic E-state index is 4.64. The van der Waals surface area contributed by atoms with Gasteiger partial charge >= 0.3 is 0 Å². The molecule has 0 bridgehead atoms. The van der Waals surface area contributed by atoms with Crippen molar-refractivity contribution >= 4 is 16.7 Å². The van der Waals surface area contributed by atoms with Crippen LogP contribution in [0.3, 0.4) is 0 Å². The van der Waals surface area contributed by atoms with Crippen molar-refractivity contribution in [1.29, 1.82) is 0 Å². The molecule has 4 rings (SSSR count). The summed E-state index contributed by atoms with van der Waals surface area (Å²) < 4.78 is 0. The fraction of sp³-hybridized carbons (Fsp3) is 0.381. The maximum Gasteiger partial charge on any atom is 0.139 e. The maximum atomic E-state index is 4.64. The van der Waals surface area contributed by atoms with Gasteiger partial charge in [-0.3, -0.25) is 4.98 Å². The molecule has 1 N–H and O–H groups in total. The number of anilines is 1. The van der Waals surface area contributed by atoms with Gasteiger partial charge in [0.15, 0.2) is 0 Å². The fourth-order valence-electron chi connectivity index (χ4n) is 3.96. The van der Waals surface area contributed by atoms with Crippen LogP contribution in [0.25, 0.3) is 22.0 Å². The van der Waals surface area contributed by atoms with Gasteiger partial charge in [-0.25, -0.2) is 9.97 Å². The number of rotatable bonds is 4. The third-order valence-electron chi connectivity index (χ3n) is 5.60. The van der Waals surface area contributed by atoms with Gasteiger partial charge in [0.25, 0.3) is 0 Å². The summed E-state index contributed by atoms with van der Waals surface area (Å²) in [7, 11) is 4.23. The topological polar surface area (TPSA) is 53.9 Å². The van der Waals surface area contributed by atoms with Crippen LogP contribution in [0.5, 0.6) is 0 Å². The third-order valence-corrected chi connectivity index (χ3v) is 5.60. The lowest BCUT2D eigenvalue weighted by atomic mass is 9.90. The lowest BCUT2D eigenvalue weighted by molar-refractivity contribution is 0.351. The van der Waals surface area contributed by atoms with Crippen LogP contribution in [0.15, 0.2) is 49.1 Å². The first-order chi connectivity index (χ1) is 12.8. The predicted molar refractivity (Wildman–Crippen MR) is 106 cm³/mol. The van der Waals surface area contributed by atoms with E-state index in [0.29, 0.717) is 12.1 Å². The van der Waals surface area contributed by atoms with E-state index in [-0.39, 0.29) is 0 Å². The number of hydrogen-bond acceptors (Lipinski definition) is 5. The molecule has 0 saturated heterocycles. The van der Waals surface area contributed by atoms with Crippen molar-refractivity contribution in [2.75, 3.05) is 19.0 Å². The Bertz CT molecular complexity index is 872. The number of benzene rings is 1. The summed E-state index contributed by atoms with van der Waals surface area (Å²) >= 11 is 0. The molecule has 5 heteroatoms. The lowest BCUT2D eigenvalue weighted by Gasteiger charge is -2.35. The Hall–Kier alpha value is -2.53. The first kappa shape index (κ1) is 16.9. The van der Waals surface area contributed by atoms with Gasteiger partial charge in [-0.05, 0) is 56.5 Å². The van der Waals surface area contributed by atoms with E-state index in [4.69, 9.17) is 0 Å². The number of fused-ring (bicyclic) bond motifs is 1. The van der Waals surface area contributed by atoms with E-state index < -0.39 is 0 Å². The first-order valence-corrected chi connectivity index (χ1v) is 9.31. The van der Waals surface area contributed by atoms with Crippen molar-refractivity contribution in [3.63, 3.8) is 0 Å². The number of pyridine rings is 1. The highest BCUT2D eigenvalue weighted by Crippen LogP contribution is 2.31. The summed E-state index contributed by atoms with van der Waals surface area (Å²) in [6.45, 7) is 0. The van der Waals surface area contributed by atoms with Gasteiger partial charge in [0, 0.05) is 42.5 Å². The molecular weight excluding hydrogens is 322 g/mol. The molecule has 26 heavy (non-hydrogen) atoms. The van der Waals surface area contributed by atoms with Crippen molar-refractivity contribution in [2.24, 2.45) is 0 Å². The van der Waals surface area contributed by atoms with E-state index in [9.17, 15) is 0 Å². The minimum absolute atomic E-state index is 0.528. The molecule has 1 aliphatic rings. The number of hydrogen-bond donors (Lipinski definition) is 1. The standard InChI is InChI=1S/C21H25N5/c1-22-17-6-8-18(9-7-17)26(2)21-19-12-15(16-4-3-11-23-13-16)5-10-20(19)24-14-25-21/h3-5,10-14,17-18,22H,6-9H2,1-2H3. The Labute approximate surface area is 154 Å². The molecule has 1 aromatic carbocycles. The largest absolute Gasteiger partial charge is 0.356 e. The van der Waals surface area contributed by atoms with Crippen molar-refractivity contribution in [3.05, 3.63) is 49.1 Å². The summed E-state index contributed by atoms with van der Waals surface area (Å²) in [4.78, 5) is 15.7. The van der Waals surface area contributed by atoms with Crippen LogP contribution in [-0.4, -0.2) is 41.1 Å². The zero-order valence-electron chi connectivity index (χ0n) is 15.4. The molecule has 2 aromatic heterocycles. The van der Waals surface area contributed by atoms with E-state index in [2.05, 4.69) is 63.5 Å². The summed E-state index contributed by atoms with van der Waals surface area (Å²) in [5.74, 6) is 1.02. The Morgan fingerprint density at radius 2 is 1.88 bits per heavy atom. The van der Waals surface area contributed by atoms with Gasteiger partial charge in [0.1, 0.15) is 12.1 Å². The van der Waals surface area contributed by atoms with Crippen molar-refractivity contribution < 1.29 is 0 Å². The fourth-order valence-corrected chi connectivity index (χ4v) is 3.96. The summed E-state index contributed by atoms with van der Waals surface area (Å²) in [6, 6.07) is 11.6. The highest BCUT2D eigenvalue weighted by molar-refractivity contribution is 5.92. The lowest BCUT2D eigenvalue weighted by Crippen LogP contribution is -2.40. The van der Waals surface area contributed by atoms with E-state index in [1.54, 1.807) is 12.5 Å². The van der Waals surface area contributed by atoms with Gasteiger partial charge in [-0.15, -0.1) is 0 Å². The normalized spacial score (nSPS) is 20.2. The molecule has 1 fully saturated rings. The molecule has 2 heterocycles. The molecule has 0 unspecified atom stereocenters. The molecule has 134 valence electrons. The molecule has 5 nitrogen and oxygen atoms in total. The molecule has 0 atom stereocenters. The van der Waals surface area contributed by atoms with Crippen molar-refractivity contribution in [3.8, 4) is 11.1 Å². The Morgan fingerprint density at radius 3 is 2.62 bits per heavy atom. The van der Waals surface area contributed by atoms with E-state index in [1.165, 1.54) is 25.7 Å². The van der Waals surface area contributed by atoms with Crippen LogP contribution < -0.4 is 10.2 Å². The van der Waals surface area contributed by atoms with Crippen LogP contribution in [-0.2, 0) is 0 Å². The first-order valence-electron chi connectivity index (χ1n) is 9.31. The van der Waals surface area contributed by atoms with E-state index >= 15 is 0 Å². The minimum atomic E-state index is 0.528. The molecular formula is C21H25N5. The van der Waals surface area contributed by atoms with Gasteiger partial charge < -0.3 is 10.2 Å². The molecule has 0 aliphatic heterocycles. The predicted octanol–water partition coefficient (Wildman–Crippen LogP) is 3.66. The average Bonchev–Trinajstić information content (AvgIpc) is 2.73. The number of nitrogens with one attached hydrogen (secondary N) is 1. The SMILES string of the molecule is CNC1CCC(N(C)c2ncnc3ccc(-c4cccnc4)cc23)CC1. The van der Waals surface area contributed by atoms with Crippen molar-refractivity contribution in [2.45, 2.75) is 37.8 Å². The van der Waals surface area contributed by atoms with E-state index in [1.807, 2.05) is 12.3 Å². The molecule has 0 amide bonds. The highest BCUT2D eigenvalue weighted by atomic mass is 15.2. The quantitative estimate of drug-likeness (QED) is 0.780. The molecule has 3 aromatic rings. The monoisotopic (exact) mass is 347 g/mol. The van der Waals surface area contributed by atoms with Crippen LogP contribution in [0.1, 0.15) is 25.7 Å². The molecule has 0 radical (unpaired) electrons. The average molecular weight is 347 g/mol. The summed E-state index contributed by atoms with van der Waals surface area (Å²) in [6.07, 6.45) is 10.2. The second-order valence-corrected chi connectivity index (χ2v) is 7.08. The van der Waals surface area contributed by atoms with Crippen LogP contribution in [0.2, 0.25) is 0 Å². The van der Waals surface area contributed by atoms with Gasteiger partial charge in [-0.1, -0.05) is 12.1 Å². The number of aromatic nitrogens is 3. The van der Waals surface area contributed by atoms with Gasteiger partial charge in [0.05, 0.1) is 5.52 Å². The third kappa shape index (κ3) is 3.27. The zero-order valence-corrected chi connectivity index (χ0v) is 15.4. The zero-order chi connectivity index (χ0) is 17.9. The molecule has 0 spiro atoms. The van der Waals surface area contributed by atoms with Gasteiger partial charge in [-0.2, -0.15) is 0 Å². The van der Waals surface area contributed by atoms with Crippen LogP contribution in [0.4, 0.5) is 5.82 Å². The van der Waals surface area contributed by atoms with Gasteiger partial charge in [0.2, 0.25) is 0 Å². The smallest absolute Gasteiger partial charge is 0.139 e. The summed E-state index contributed by atoms with van der Waals surface area (Å²) in [5.41, 5.74) is 3.24. The Kier molecular flexibility index (Phi) is 4.80. The van der Waals surface area contributed by atoms with Crippen molar-refractivity contribution in [1.82, 2.24) is 20.3 Å². The number of nitrogens with zero attached hydrogens (tertiary/aromatic N) is 4. The Balaban J connectivity index is 1.68. The van der Waals surface area contributed by atoms with E-state index in [0.717, 1.165) is 27.8 Å². The second kappa shape index (κ2) is 7.38. The van der Waals surface area contributed by atoms with Crippen LogP contribution in [0, 0.1) is 0 Å². The van der Waals surface area contributed by atoms with Crippen LogP contribution >= 0.6 is 0 Å². The molecule has 1 aliphatic carbocycles.